The van der Waals surface area contributed by atoms with Gasteiger partial charge in [-0.25, -0.2) is 4.79 Å². The Bertz CT molecular complexity index is 1020. The van der Waals surface area contributed by atoms with Crippen LogP contribution in [0.3, 0.4) is 0 Å². The summed E-state index contributed by atoms with van der Waals surface area (Å²) in [5, 5.41) is 10.1. The van der Waals surface area contributed by atoms with Crippen molar-refractivity contribution in [3.63, 3.8) is 0 Å². The van der Waals surface area contributed by atoms with E-state index in [0.717, 1.165) is 10.8 Å². The van der Waals surface area contributed by atoms with Gasteiger partial charge in [0, 0.05) is 23.2 Å². The molecule has 0 unspecified atom stereocenters. The van der Waals surface area contributed by atoms with Crippen LogP contribution in [0.25, 0.3) is 21.8 Å². The molecule has 7 heteroatoms. The topological polar surface area (TPSA) is 80.2 Å². The van der Waals surface area contributed by atoms with Gasteiger partial charge in [-0.05, 0) is 35.9 Å². The van der Waals surface area contributed by atoms with Gasteiger partial charge < -0.3 is 5.11 Å². The molecule has 27 heavy (non-hydrogen) atoms. The van der Waals surface area contributed by atoms with E-state index in [4.69, 9.17) is 16.7 Å². The average molecular weight is 401 g/mol. The smallest absolute Gasteiger partial charge is 0.337 e. The summed E-state index contributed by atoms with van der Waals surface area (Å²) < 4.78 is 0. The van der Waals surface area contributed by atoms with Crippen molar-refractivity contribution in [3.05, 3.63) is 84.2 Å². The molecule has 0 bridgehead atoms. The maximum Gasteiger partial charge on any atom is 0.337 e. The van der Waals surface area contributed by atoms with Crippen LogP contribution in [-0.4, -0.2) is 26.3 Å². The molecule has 0 saturated carbocycles. The van der Waals surface area contributed by atoms with E-state index in [1.807, 2.05) is 30.3 Å². The Morgan fingerprint density at radius 3 is 1.67 bits per heavy atom. The maximum absolute atomic E-state index is 11.0. The average Bonchev–Trinajstić information content (AvgIpc) is 2.67. The molecule has 0 radical (unpaired) electrons. The number of hydrogen-bond donors (Lipinski definition) is 1. The highest BCUT2D eigenvalue weighted by atomic mass is 35.5. The summed E-state index contributed by atoms with van der Waals surface area (Å²) in [5.74, 6) is -0.940. The predicted molar refractivity (Wildman–Crippen MR) is 108 cm³/mol. The lowest BCUT2D eigenvalue weighted by atomic mass is 10.1. The van der Waals surface area contributed by atoms with Crippen LogP contribution in [-0.2, 0) is 0 Å². The number of carboxylic acid groups (broad SMARTS) is 1. The Labute approximate surface area is 166 Å². The fraction of sp³-hybridized carbons (Fsp3) is 0. The number of para-hydroxylation sites is 2. The molecule has 2 aromatic heterocycles. The number of rotatable bonds is 2. The van der Waals surface area contributed by atoms with Crippen LogP contribution < -0.4 is 0 Å². The highest BCUT2D eigenvalue weighted by Crippen LogP contribution is 2.17. The van der Waals surface area contributed by atoms with Gasteiger partial charge in [-0.1, -0.05) is 36.4 Å². The van der Waals surface area contributed by atoms with Crippen LogP contribution in [0.2, 0.25) is 0 Å². The summed E-state index contributed by atoms with van der Waals surface area (Å²) in [4.78, 5) is 29.9. The SMILES string of the molecule is Cl.O=C(Cl)c1cccc2cccnc12.O=C(O)c1cccc2cccnc12. The number of carbonyl (C=O) groups excluding carboxylic acids is 1. The highest BCUT2D eigenvalue weighted by Gasteiger charge is 2.08. The lowest BCUT2D eigenvalue weighted by Gasteiger charge is -1.99. The maximum atomic E-state index is 11.0. The zero-order valence-corrected chi connectivity index (χ0v) is 15.4. The highest BCUT2D eigenvalue weighted by molar-refractivity contribution is 6.68. The third-order valence-electron chi connectivity index (χ3n) is 3.71. The normalized spacial score (nSPS) is 9.81. The minimum atomic E-state index is -0.940. The molecule has 2 heterocycles. The molecular weight excluding hydrogens is 387 g/mol. The number of carbonyl (C=O) groups is 2. The molecule has 0 aliphatic rings. The summed E-state index contributed by atoms with van der Waals surface area (Å²) in [7, 11) is 0. The van der Waals surface area contributed by atoms with E-state index in [1.165, 1.54) is 0 Å². The predicted octanol–water partition coefficient (Wildman–Crippen LogP) is 4.97. The Morgan fingerprint density at radius 2 is 1.19 bits per heavy atom. The molecule has 0 aliphatic carbocycles. The zero-order valence-electron chi connectivity index (χ0n) is 13.9. The van der Waals surface area contributed by atoms with Crippen molar-refractivity contribution in [2.75, 3.05) is 0 Å². The first-order chi connectivity index (χ1) is 12.6. The van der Waals surface area contributed by atoms with Crippen LogP contribution >= 0.6 is 24.0 Å². The monoisotopic (exact) mass is 400 g/mol. The molecule has 5 nitrogen and oxygen atoms in total. The van der Waals surface area contributed by atoms with E-state index in [2.05, 4.69) is 9.97 Å². The fourth-order valence-corrected chi connectivity index (χ4v) is 2.69. The molecule has 0 aliphatic heterocycles. The van der Waals surface area contributed by atoms with Crippen molar-refractivity contribution in [2.45, 2.75) is 0 Å². The summed E-state index contributed by atoms with van der Waals surface area (Å²) in [6.07, 6.45) is 3.24. The number of halogens is 2. The number of aromatic carboxylic acids is 1. The van der Waals surface area contributed by atoms with Crippen LogP contribution in [0, 0.1) is 0 Å². The molecule has 0 atom stereocenters. The van der Waals surface area contributed by atoms with Gasteiger partial charge >= 0.3 is 5.97 Å². The molecule has 0 saturated heterocycles. The van der Waals surface area contributed by atoms with Crippen molar-refractivity contribution in [1.29, 1.82) is 0 Å². The van der Waals surface area contributed by atoms with E-state index in [0.29, 0.717) is 16.6 Å². The third kappa shape index (κ3) is 4.58. The van der Waals surface area contributed by atoms with Crippen molar-refractivity contribution >= 4 is 57.0 Å². The van der Waals surface area contributed by atoms with Crippen LogP contribution in [0.1, 0.15) is 20.7 Å². The number of carboxylic acids is 1. The minimum Gasteiger partial charge on any atom is -0.478 e. The number of aromatic nitrogens is 2. The van der Waals surface area contributed by atoms with Crippen molar-refractivity contribution in [1.82, 2.24) is 9.97 Å². The van der Waals surface area contributed by atoms with Gasteiger partial charge in [0.2, 0.25) is 0 Å². The number of benzene rings is 2. The van der Waals surface area contributed by atoms with Gasteiger partial charge in [0.25, 0.3) is 5.24 Å². The Kier molecular flexibility index (Phi) is 6.82. The summed E-state index contributed by atoms with van der Waals surface area (Å²) in [6, 6.07) is 17.8. The second-order valence-corrected chi connectivity index (χ2v) is 5.68. The van der Waals surface area contributed by atoms with Gasteiger partial charge in [-0.3, -0.25) is 14.8 Å². The molecule has 0 fully saturated rings. The van der Waals surface area contributed by atoms with Gasteiger partial charge in [-0.15, -0.1) is 12.4 Å². The Hall–Kier alpha value is -3.02. The van der Waals surface area contributed by atoms with Gasteiger partial charge in [0.15, 0.2) is 0 Å². The van der Waals surface area contributed by atoms with E-state index in [9.17, 15) is 9.59 Å². The minimum absolute atomic E-state index is 0. The molecule has 2 aromatic carbocycles. The largest absolute Gasteiger partial charge is 0.478 e. The fourth-order valence-electron chi connectivity index (χ4n) is 2.54. The zero-order chi connectivity index (χ0) is 18.5. The second kappa shape index (κ2) is 9.07. The van der Waals surface area contributed by atoms with Crippen LogP contribution in [0.15, 0.2) is 73.1 Å². The van der Waals surface area contributed by atoms with E-state index in [1.54, 1.807) is 42.7 Å². The number of nitrogens with zero attached hydrogens (tertiary/aromatic N) is 2. The number of hydrogen-bond acceptors (Lipinski definition) is 4. The lowest BCUT2D eigenvalue weighted by molar-refractivity contribution is 0.0698. The lowest BCUT2D eigenvalue weighted by Crippen LogP contribution is -1.97. The number of pyridine rings is 2. The van der Waals surface area contributed by atoms with Crippen molar-refractivity contribution < 1.29 is 14.7 Å². The summed E-state index contributed by atoms with van der Waals surface area (Å²) >= 11 is 5.40. The first-order valence-electron chi connectivity index (χ1n) is 7.68. The molecule has 0 spiro atoms. The first kappa shape index (κ1) is 20.3. The van der Waals surface area contributed by atoms with Gasteiger partial charge in [0.1, 0.15) is 0 Å². The second-order valence-electron chi connectivity index (χ2n) is 5.34. The molecule has 1 N–H and O–H groups in total. The third-order valence-corrected chi connectivity index (χ3v) is 3.91. The number of fused-ring (bicyclic) bond motifs is 2. The molecule has 136 valence electrons. The summed E-state index contributed by atoms with van der Waals surface area (Å²) in [6.45, 7) is 0. The van der Waals surface area contributed by atoms with Crippen LogP contribution in [0.4, 0.5) is 0 Å². The van der Waals surface area contributed by atoms with E-state index >= 15 is 0 Å². The van der Waals surface area contributed by atoms with E-state index in [-0.39, 0.29) is 18.0 Å². The van der Waals surface area contributed by atoms with Crippen molar-refractivity contribution in [3.8, 4) is 0 Å². The van der Waals surface area contributed by atoms with Crippen molar-refractivity contribution in [2.24, 2.45) is 0 Å². The first-order valence-corrected chi connectivity index (χ1v) is 8.06. The Balaban J connectivity index is 0.000000187. The molecule has 4 aromatic rings. The molecule has 4 rings (SSSR count). The quantitative estimate of drug-likeness (QED) is 0.480. The molecule has 0 amide bonds. The Morgan fingerprint density at radius 1 is 0.741 bits per heavy atom. The van der Waals surface area contributed by atoms with E-state index < -0.39 is 11.2 Å². The van der Waals surface area contributed by atoms with Gasteiger partial charge in [0.05, 0.1) is 22.2 Å². The molecular formula is C20H14Cl2N2O3. The standard InChI is InChI=1S/C10H6ClNO.C10H7NO2.ClH/c11-10(13)8-5-1-3-7-4-2-6-12-9(7)8;12-10(13)8-5-1-3-7-4-2-6-11-9(7)8;/h1-6H;1-6H,(H,12,13);1H. The van der Waals surface area contributed by atoms with Gasteiger partial charge in [-0.2, -0.15) is 0 Å². The summed E-state index contributed by atoms with van der Waals surface area (Å²) in [5.41, 5.74) is 1.90. The van der Waals surface area contributed by atoms with Crippen LogP contribution in [0.5, 0.6) is 0 Å².